The number of likely N-dealkylation sites (N-methyl/N-ethyl adjacent to an activating group) is 1. The Balaban J connectivity index is 2.46. The summed E-state index contributed by atoms with van der Waals surface area (Å²) in [6.45, 7) is 2.17. The highest BCUT2D eigenvalue weighted by molar-refractivity contribution is 5.67. The summed E-state index contributed by atoms with van der Waals surface area (Å²) in [6.07, 6.45) is 5.63. The number of hydrogen-bond acceptors (Lipinski definition) is 2. The first kappa shape index (κ1) is 13.9. The van der Waals surface area contributed by atoms with Crippen LogP contribution in [0.3, 0.4) is 0 Å². The lowest BCUT2D eigenvalue weighted by Gasteiger charge is -2.22. The molecule has 0 aliphatic rings. The zero-order valence-corrected chi connectivity index (χ0v) is 12.0. The molecule has 104 valence electrons. The van der Waals surface area contributed by atoms with Crippen molar-refractivity contribution in [1.82, 2.24) is 9.30 Å². The van der Waals surface area contributed by atoms with E-state index in [4.69, 9.17) is 4.74 Å². The SMILES string of the molecule is CCC(Cc1ccn2ccc(F)c(OC)c12)N(C)C. The second-order valence-corrected chi connectivity index (χ2v) is 5.02. The molecule has 19 heavy (non-hydrogen) atoms. The van der Waals surface area contributed by atoms with Gasteiger partial charge in [0.1, 0.15) is 0 Å². The van der Waals surface area contributed by atoms with Gasteiger partial charge in [0, 0.05) is 18.4 Å². The number of fused-ring (bicyclic) bond motifs is 1. The number of hydrogen-bond donors (Lipinski definition) is 0. The van der Waals surface area contributed by atoms with Crippen LogP contribution in [0, 0.1) is 5.82 Å². The van der Waals surface area contributed by atoms with Gasteiger partial charge in [-0.2, -0.15) is 0 Å². The maximum atomic E-state index is 13.8. The molecule has 1 atom stereocenters. The third kappa shape index (κ3) is 2.59. The Hall–Kier alpha value is -1.55. The van der Waals surface area contributed by atoms with Gasteiger partial charge in [-0.3, -0.25) is 0 Å². The lowest BCUT2D eigenvalue weighted by atomic mass is 10.0. The van der Waals surface area contributed by atoms with Crippen molar-refractivity contribution in [2.45, 2.75) is 25.8 Å². The fourth-order valence-electron chi connectivity index (χ4n) is 2.52. The number of methoxy groups -OCH3 is 1. The van der Waals surface area contributed by atoms with Crippen LogP contribution in [0.1, 0.15) is 18.9 Å². The van der Waals surface area contributed by atoms with Gasteiger partial charge in [0.2, 0.25) is 0 Å². The highest BCUT2D eigenvalue weighted by atomic mass is 19.1. The molecule has 0 aliphatic heterocycles. The number of rotatable bonds is 5. The smallest absolute Gasteiger partial charge is 0.178 e. The van der Waals surface area contributed by atoms with Gasteiger partial charge in [0.05, 0.1) is 12.6 Å². The Morgan fingerprint density at radius 1 is 1.32 bits per heavy atom. The number of halogens is 1. The van der Waals surface area contributed by atoms with E-state index in [1.54, 1.807) is 6.20 Å². The minimum atomic E-state index is -0.312. The van der Waals surface area contributed by atoms with Gasteiger partial charge in [0.25, 0.3) is 0 Å². The first-order valence-electron chi connectivity index (χ1n) is 6.57. The van der Waals surface area contributed by atoms with Crippen molar-refractivity contribution in [3.8, 4) is 5.75 Å². The zero-order valence-electron chi connectivity index (χ0n) is 12.0. The van der Waals surface area contributed by atoms with Crippen LogP contribution >= 0.6 is 0 Å². The molecule has 0 aromatic carbocycles. The van der Waals surface area contributed by atoms with Crippen LogP contribution in [0.2, 0.25) is 0 Å². The van der Waals surface area contributed by atoms with Crippen LogP contribution in [0.4, 0.5) is 4.39 Å². The molecule has 0 saturated carbocycles. The average Bonchev–Trinajstić information content (AvgIpc) is 2.78. The Morgan fingerprint density at radius 2 is 2.00 bits per heavy atom. The van der Waals surface area contributed by atoms with E-state index < -0.39 is 0 Å². The predicted molar refractivity (Wildman–Crippen MR) is 75.4 cm³/mol. The van der Waals surface area contributed by atoms with E-state index in [0.717, 1.165) is 23.9 Å². The van der Waals surface area contributed by atoms with Crippen molar-refractivity contribution in [2.75, 3.05) is 21.2 Å². The van der Waals surface area contributed by atoms with Gasteiger partial charge in [-0.15, -0.1) is 0 Å². The summed E-state index contributed by atoms with van der Waals surface area (Å²) in [5.74, 6) is 0.0176. The van der Waals surface area contributed by atoms with Crippen molar-refractivity contribution >= 4 is 5.52 Å². The van der Waals surface area contributed by atoms with Crippen LogP contribution in [0.15, 0.2) is 24.5 Å². The molecule has 0 aliphatic carbocycles. The molecule has 0 fully saturated rings. The summed E-state index contributed by atoms with van der Waals surface area (Å²) in [4.78, 5) is 2.20. The summed E-state index contributed by atoms with van der Waals surface area (Å²) in [5, 5.41) is 0. The topological polar surface area (TPSA) is 16.9 Å². The predicted octanol–water partition coefficient (Wildman–Crippen LogP) is 2.97. The molecule has 2 rings (SSSR count). The van der Waals surface area contributed by atoms with E-state index in [1.807, 2.05) is 16.7 Å². The van der Waals surface area contributed by atoms with Gasteiger partial charge >= 0.3 is 0 Å². The molecule has 0 N–H and O–H groups in total. The van der Waals surface area contributed by atoms with Crippen molar-refractivity contribution in [3.63, 3.8) is 0 Å². The molecule has 0 amide bonds. The molecule has 0 spiro atoms. The van der Waals surface area contributed by atoms with Gasteiger partial charge in [-0.05, 0) is 44.6 Å². The zero-order chi connectivity index (χ0) is 14.0. The third-order valence-electron chi connectivity index (χ3n) is 3.67. The molecule has 3 nitrogen and oxygen atoms in total. The van der Waals surface area contributed by atoms with E-state index in [0.29, 0.717) is 11.8 Å². The van der Waals surface area contributed by atoms with E-state index in [1.165, 1.54) is 13.2 Å². The Morgan fingerprint density at radius 3 is 2.58 bits per heavy atom. The van der Waals surface area contributed by atoms with E-state index in [9.17, 15) is 4.39 Å². The van der Waals surface area contributed by atoms with E-state index in [2.05, 4.69) is 25.9 Å². The molecule has 4 heteroatoms. The number of ether oxygens (including phenoxy) is 1. The second-order valence-electron chi connectivity index (χ2n) is 5.02. The van der Waals surface area contributed by atoms with Gasteiger partial charge < -0.3 is 14.0 Å². The van der Waals surface area contributed by atoms with Crippen LogP contribution in [0.5, 0.6) is 5.75 Å². The largest absolute Gasteiger partial charge is 0.492 e. The maximum Gasteiger partial charge on any atom is 0.178 e. The normalized spacial score (nSPS) is 13.2. The van der Waals surface area contributed by atoms with Gasteiger partial charge in [0.15, 0.2) is 11.6 Å². The molecular formula is C15H21FN2O. The van der Waals surface area contributed by atoms with Crippen molar-refractivity contribution in [1.29, 1.82) is 0 Å². The van der Waals surface area contributed by atoms with Crippen LogP contribution in [-0.4, -0.2) is 36.5 Å². The Bertz CT molecular complexity index is 563. The van der Waals surface area contributed by atoms with Crippen LogP contribution < -0.4 is 4.74 Å². The second kappa shape index (κ2) is 5.61. The molecule has 2 aromatic heterocycles. The summed E-state index contributed by atoms with van der Waals surface area (Å²) < 4.78 is 20.9. The molecule has 2 aromatic rings. The molecule has 2 heterocycles. The molecule has 0 saturated heterocycles. The van der Waals surface area contributed by atoms with Gasteiger partial charge in [-0.25, -0.2) is 4.39 Å². The fourth-order valence-corrected chi connectivity index (χ4v) is 2.52. The van der Waals surface area contributed by atoms with E-state index >= 15 is 0 Å². The van der Waals surface area contributed by atoms with Crippen LogP contribution in [-0.2, 0) is 6.42 Å². The molecule has 1 unspecified atom stereocenters. The third-order valence-corrected chi connectivity index (χ3v) is 3.67. The minimum Gasteiger partial charge on any atom is -0.492 e. The quantitative estimate of drug-likeness (QED) is 0.825. The number of aromatic nitrogens is 1. The number of pyridine rings is 1. The van der Waals surface area contributed by atoms with Gasteiger partial charge in [-0.1, -0.05) is 6.92 Å². The van der Waals surface area contributed by atoms with E-state index in [-0.39, 0.29) is 5.82 Å². The highest BCUT2D eigenvalue weighted by Gasteiger charge is 2.17. The summed E-state index contributed by atoms with van der Waals surface area (Å²) in [7, 11) is 5.66. The van der Waals surface area contributed by atoms with Crippen molar-refractivity contribution in [2.24, 2.45) is 0 Å². The monoisotopic (exact) mass is 264 g/mol. The fraction of sp³-hybridized carbons (Fsp3) is 0.467. The molecule has 0 bridgehead atoms. The Labute approximate surface area is 113 Å². The highest BCUT2D eigenvalue weighted by Crippen LogP contribution is 2.28. The Kier molecular flexibility index (Phi) is 4.10. The molecule has 0 radical (unpaired) electrons. The maximum absolute atomic E-state index is 13.8. The standard InChI is InChI=1S/C15H21FN2O/c1-5-12(17(2)3)10-11-6-8-18-9-7-13(16)15(19-4)14(11)18/h6-9,12H,5,10H2,1-4H3. The number of nitrogens with zero attached hydrogens (tertiary/aromatic N) is 2. The van der Waals surface area contributed by atoms with Crippen molar-refractivity contribution < 1.29 is 9.13 Å². The summed E-state index contributed by atoms with van der Waals surface area (Å²) in [5.41, 5.74) is 1.96. The summed E-state index contributed by atoms with van der Waals surface area (Å²) in [6, 6.07) is 3.92. The first-order valence-corrected chi connectivity index (χ1v) is 6.57. The lowest BCUT2D eigenvalue weighted by molar-refractivity contribution is 0.284. The lowest BCUT2D eigenvalue weighted by Crippen LogP contribution is -2.29. The van der Waals surface area contributed by atoms with Crippen LogP contribution in [0.25, 0.3) is 5.52 Å². The first-order chi connectivity index (χ1) is 9.08. The average molecular weight is 264 g/mol. The summed E-state index contributed by atoms with van der Waals surface area (Å²) >= 11 is 0. The minimum absolute atomic E-state index is 0.312. The molecular weight excluding hydrogens is 243 g/mol. The van der Waals surface area contributed by atoms with Crippen molar-refractivity contribution in [3.05, 3.63) is 35.9 Å².